The summed E-state index contributed by atoms with van der Waals surface area (Å²) < 4.78 is 13.2. The monoisotopic (exact) mass is 182 g/mol. The van der Waals surface area contributed by atoms with Gasteiger partial charge in [0.15, 0.2) is 0 Å². The van der Waals surface area contributed by atoms with Crippen LogP contribution in [0, 0.1) is 5.82 Å². The fourth-order valence-corrected chi connectivity index (χ4v) is 1.16. The molecule has 72 valence electrons. The molecule has 2 N–H and O–H groups in total. The highest BCUT2D eigenvalue weighted by molar-refractivity contribution is 5.49. The van der Waals surface area contributed by atoms with Gasteiger partial charge >= 0.3 is 0 Å². The Labute approximate surface area is 78.2 Å². The van der Waals surface area contributed by atoms with Gasteiger partial charge in [0.25, 0.3) is 0 Å². The molecule has 0 spiro atoms. The largest absolute Gasteiger partial charge is 0.375 e. The maximum absolute atomic E-state index is 13.2. The van der Waals surface area contributed by atoms with Crippen LogP contribution >= 0.6 is 0 Å². The van der Waals surface area contributed by atoms with E-state index in [1.165, 1.54) is 6.07 Å². The van der Waals surface area contributed by atoms with Crippen molar-refractivity contribution in [3.8, 4) is 0 Å². The van der Waals surface area contributed by atoms with Gasteiger partial charge in [-0.3, -0.25) is 0 Å². The fraction of sp³-hybridized carbons (Fsp3) is 0.400. The fourth-order valence-electron chi connectivity index (χ4n) is 1.16. The molecule has 0 radical (unpaired) electrons. The van der Waals surface area contributed by atoms with Crippen LogP contribution in [0.4, 0.5) is 10.1 Å². The lowest BCUT2D eigenvalue weighted by molar-refractivity contribution is 0.624. The predicted molar refractivity (Wildman–Crippen MR) is 53.3 cm³/mol. The minimum Gasteiger partial charge on any atom is -0.375 e. The summed E-state index contributed by atoms with van der Waals surface area (Å²) in [6.45, 7) is 1.88. The van der Waals surface area contributed by atoms with Crippen LogP contribution < -0.4 is 10.6 Å². The third-order valence-electron chi connectivity index (χ3n) is 1.98. The van der Waals surface area contributed by atoms with E-state index >= 15 is 0 Å². The summed E-state index contributed by atoms with van der Waals surface area (Å²) in [7, 11) is 3.62. The molecule has 0 saturated heterocycles. The van der Waals surface area contributed by atoms with Gasteiger partial charge in [0.1, 0.15) is 5.82 Å². The third-order valence-corrected chi connectivity index (χ3v) is 1.98. The van der Waals surface area contributed by atoms with Gasteiger partial charge in [-0.1, -0.05) is 6.07 Å². The van der Waals surface area contributed by atoms with Crippen molar-refractivity contribution in [3.63, 3.8) is 0 Å². The van der Waals surface area contributed by atoms with Gasteiger partial charge in [0.2, 0.25) is 0 Å². The van der Waals surface area contributed by atoms with Crippen molar-refractivity contribution >= 4 is 5.69 Å². The lowest BCUT2D eigenvalue weighted by Gasteiger charge is -2.15. The van der Waals surface area contributed by atoms with E-state index in [-0.39, 0.29) is 11.9 Å². The number of halogens is 1. The van der Waals surface area contributed by atoms with Crippen molar-refractivity contribution in [2.45, 2.75) is 13.0 Å². The smallest absolute Gasteiger partial charge is 0.146 e. The van der Waals surface area contributed by atoms with E-state index in [1.807, 2.05) is 21.0 Å². The van der Waals surface area contributed by atoms with E-state index in [4.69, 9.17) is 5.73 Å². The number of nitrogens with two attached hydrogens (primary N) is 1. The van der Waals surface area contributed by atoms with Crippen LogP contribution in [0.3, 0.4) is 0 Å². The molecule has 1 atom stereocenters. The Morgan fingerprint density at radius 3 is 2.46 bits per heavy atom. The minimum absolute atomic E-state index is 0.0562. The second-order valence-electron chi connectivity index (χ2n) is 3.39. The van der Waals surface area contributed by atoms with Gasteiger partial charge in [-0.05, 0) is 24.6 Å². The molecule has 0 aliphatic rings. The van der Waals surface area contributed by atoms with Crippen LogP contribution in [-0.2, 0) is 0 Å². The standard InChI is InChI=1S/C10H15FN2/c1-7(12)8-4-5-9(11)10(6-8)13(2)3/h4-7H,12H2,1-3H3. The van der Waals surface area contributed by atoms with Crippen molar-refractivity contribution in [1.29, 1.82) is 0 Å². The van der Waals surface area contributed by atoms with E-state index in [0.29, 0.717) is 5.69 Å². The van der Waals surface area contributed by atoms with Crippen molar-refractivity contribution in [3.05, 3.63) is 29.6 Å². The van der Waals surface area contributed by atoms with Crippen molar-refractivity contribution in [1.82, 2.24) is 0 Å². The molecule has 13 heavy (non-hydrogen) atoms. The molecule has 0 aromatic heterocycles. The van der Waals surface area contributed by atoms with Gasteiger partial charge in [-0.2, -0.15) is 0 Å². The molecule has 1 aromatic rings. The van der Waals surface area contributed by atoms with E-state index in [1.54, 1.807) is 17.0 Å². The maximum Gasteiger partial charge on any atom is 0.146 e. The quantitative estimate of drug-likeness (QED) is 0.757. The first-order chi connectivity index (χ1) is 6.02. The summed E-state index contributed by atoms with van der Waals surface area (Å²) in [4.78, 5) is 1.74. The zero-order chi connectivity index (χ0) is 10.0. The van der Waals surface area contributed by atoms with E-state index in [9.17, 15) is 4.39 Å². The molecule has 0 aliphatic heterocycles. The van der Waals surface area contributed by atoms with Crippen LogP contribution in [0.25, 0.3) is 0 Å². The molecule has 0 fully saturated rings. The molecule has 0 bridgehead atoms. The molecule has 0 saturated carbocycles. The number of nitrogens with zero attached hydrogens (tertiary/aromatic N) is 1. The summed E-state index contributed by atoms with van der Waals surface area (Å²) in [5, 5.41) is 0. The number of rotatable bonds is 2. The molecular weight excluding hydrogens is 167 g/mol. The molecule has 2 nitrogen and oxygen atoms in total. The van der Waals surface area contributed by atoms with Crippen LogP contribution in [0.2, 0.25) is 0 Å². The summed E-state index contributed by atoms with van der Waals surface area (Å²) in [6, 6.07) is 4.89. The Morgan fingerprint density at radius 2 is 2.00 bits per heavy atom. The molecule has 0 heterocycles. The second kappa shape index (κ2) is 3.75. The summed E-state index contributed by atoms with van der Waals surface area (Å²) in [5.74, 6) is -0.214. The highest BCUT2D eigenvalue weighted by Crippen LogP contribution is 2.21. The van der Waals surface area contributed by atoms with Gasteiger partial charge in [0, 0.05) is 20.1 Å². The van der Waals surface area contributed by atoms with Crippen LogP contribution in [-0.4, -0.2) is 14.1 Å². The van der Waals surface area contributed by atoms with Crippen molar-refractivity contribution < 1.29 is 4.39 Å². The molecule has 1 rings (SSSR count). The first kappa shape index (κ1) is 9.99. The van der Waals surface area contributed by atoms with Gasteiger partial charge in [-0.15, -0.1) is 0 Å². The lowest BCUT2D eigenvalue weighted by atomic mass is 10.1. The van der Waals surface area contributed by atoms with Crippen LogP contribution in [0.15, 0.2) is 18.2 Å². The molecule has 0 amide bonds. The molecule has 3 heteroatoms. The maximum atomic E-state index is 13.2. The first-order valence-electron chi connectivity index (χ1n) is 4.24. The van der Waals surface area contributed by atoms with Crippen molar-refractivity contribution in [2.24, 2.45) is 5.73 Å². The average Bonchev–Trinajstić information content (AvgIpc) is 2.04. The van der Waals surface area contributed by atoms with E-state index < -0.39 is 0 Å². The lowest BCUT2D eigenvalue weighted by Crippen LogP contribution is -2.12. The third kappa shape index (κ3) is 2.18. The SMILES string of the molecule is CC(N)c1ccc(F)c(N(C)C)c1. The van der Waals surface area contributed by atoms with Gasteiger partial charge in [0.05, 0.1) is 5.69 Å². The van der Waals surface area contributed by atoms with Crippen LogP contribution in [0.5, 0.6) is 0 Å². The average molecular weight is 182 g/mol. The van der Waals surface area contributed by atoms with E-state index in [2.05, 4.69) is 0 Å². The van der Waals surface area contributed by atoms with E-state index in [0.717, 1.165) is 5.56 Å². The Hall–Kier alpha value is -1.09. The normalized spacial score (nSPS) is 12.7. The summed E-state index contributed by atoms with van der Waals surface area (Å²) in [6.07, 6.45) is 0. The Kier molecular flexibility index (Phi) is 2.88. The topological polar surface area (TPSA) is 29.3 Å². The molecular formula is C10H15FN2. The summed E-state index contributed by atoms with van der Waals surface area (Å²) in [5.41, 5.74) is 7.22. The van der Waals surface area contributed by atoms with Gasteiger partial charge < -0.3 is 10.6 Å². The summed E-state index contributed by atoms with van der Waals surface area (Å²) >= 11 is 0. The number of hydrogen-bond acceptors (Lipinski definition) is 2. The molecule has 0 aliphatic carbocycles. The Morgan fingerprint density at radius 1 is 1.38 bits per heavy atom. The number of hydrogen-bond donors (Lipinski definition) is 1. The van der Waals surface area contributed by atoms with Crippen molar-refractivity contribution in [2.75, 3.05) is 19.0 Å². The zero-order valence-corrected chi connectivity index (χ0v) is 8.21. The molecule has 1 aromatic carbocycles. The first-order valence-corrected chi connectivity index (χ1v) is 4.24. The highest BCUT2D eigenvalue weighted by Gasteiger charge is 2.07. The second-order valence-corrected chi connectivity index (χ2v) is 3.39. The Bertz CT molecular complexity index is 295. The van der Waals surface area contributed by atoms with Gasteiger partial charge in [-0.25, -0.2) is 4.39 Å². The van der Waals surface area contributed by atoms with Crippen LogP contribution in [0.1, 0.15) is 18.5 Å². The Balaban J connectivity index is 3.11. The highest BCUT2D eigenvalue weighted by atomic mass is 19.1. The minimum atomic E-state index is -0.214. The number of anilines is 1. The zero-order valence-electron chi connectivity index (χ0n) is 8.21. The predicted octanol–water partition coefficient (Wildman–Crippen LogP) is 1.91. The number of benzene rings is 1. The molecule has 1 unspecified atom stereocenters.